The van der Waals surface area contributed by atoms with Gasteiger partial charge in [-0.05, 0) is 64.2 Å². The Morgan fingerprint density at radius 3 is 2.22 bits per heavy atom. The third-order valence-electron chi connectivity index (χ3n) is 5.32. The lowest BCUT2D eigenvalue weighted by Gasteiger charge is -2.35. The van der Waals surface area contributed by atoms with Gasteiger partial charge in [0.2, 0.25) is 5.91 Å². The maximum Gasteiger partial charge on any atom is 0.408 e. The third-order valence-corrected chi connectivity index (χ3v) is 5.32. The summed E-state index contributed by atoms with van der Waals surface area (Å²) in [5, 5.41) is 9.97. The molecule has 0 aliphatic heterocycles. The minimum absolute atomic E-state index is 0.189. The number of rotatable bonds is 7. The van der Waals surface area contributed by atoms with E-state index in [4.69, 9.17) is 10.7 Å². The zero-order chi connectivity index (χ0) is 24.2. The van der Waals surface area contributed by atoms with Crippen LogP contribution < -0.4 is 5.73 Å². The molecule has 2 aromatic rings. The zero-order valence-corrected chi connectivity index (χ0v) is 20.2. The van der Waals surface area contributed by atoms with Crippen molar-refractivity contribution in [2.24, 2.45) is 11.7 Å². The lowest BCUT2D eigenvalue weighted by atomic mass is 9.88. The molecule has 6 heteroatoms. The Hall–Kier alpha value is -3.15. The number of hydrogen-bond acceptors (Lipinski definition) is 3. The fourth-order valence-electron chi connectivity index (χ4n) is 3.71. The highest BCUT2D eigenvalue weighted by Gasteiger charge is 2.29. The van der Waals surface area contributed by atoms with Crippen LogP contribution in [-0.4, -0.2) is 32.5 Å². The van der Waals surface area contributed by atoms with Gasteiger partial charge >= 0.3 is 6.09 Å². The Morgan fingerprint density at radius 2 is 1.75 bits per heavy atom. The van der Waals surface area contributed by atoms with Crippen molar-refractivity contribution < 1.29 is 14.7 Å². The Morgan fingerprint density at radius 1 is 1.16 bits per heavy atom. The number of nitrogens with zero attached hydrogens (tertiary/aromatic N) is 2. The van der Waals surface area contributed by atoms with Gasteiger partial charge in [-0.1, -0.05) is 43.7 Å². The number of nitrogens with two attached hydrogens (primary N) is 1. The van der Waals surface area contributed by atoms with Crippen LogP contribution in [0.15, 0.2) is 30.3 Å². The van der Waals surface area contributed by atoms with Gasteiger partial charge in [-0.2, -0.15) is 0 Å². The number of amides is 2. The zero-order valence-electron chi connectivity index (χ0n) is 20.2. The lowest BCUT2D eigenvalue weighted by Crippen LogP contribution is -2.44. The molecule has 6 nitrogen and oxygen atoms in total. The Kier molecular flexibility index (Phi) is 7.83. The molecular weight excluding hydrogens is 402 g/mol. The summed E-state index contributed by atoms with van der Waals surface area (Å²) in [6.45, 7) is 14.0. The van der Waals surface area contributed by atoms with Crippen molar-refractivity contribution in [2.45, 2.75) is 67.0 Å². The van der Waals surface area contributed by atoms with Crippen molar-refractivity contribution in [1.82, 2.24) is 9.88 Å². The Labute approximate surface area is 191 Å². The van der Waals surface area contributed by atoms with E-state index in [0.717, 1.165) is 39.2 Å². The smallest absolute Gasteiger partial charge is 0.408 e. The first-order chi connectivity index (χ1) is 14.8. The van der Waals surface area contributed by atoms with Crippen LogP contribution in [0.2, 0.25) is 0 Å². The molecule has 0 bridgehead atoms. The minimum Gasteiger partial charge on any atom is -0.465 e. The standard InChI is InChI=1S/C26H35N3O3/c1-16(2)14-22-21(15-29(25(31)32)26(5,6)7)24(19-10-8-17(3)9-11-19)20(18(4)28-22)12-13-23(27)30/h8-13,16H,14-15H2,1-7H3,(H2,27,30)(H,31,32)/b13-12+. The van der Waals surface area contributed by atoms with Gasteiger partial charge in [-0.25, -0.2) is 4.79 Å². The molecule has 0 aliphatic carbocycles. The maximum atomic E-state index is 12.2. The molecule has 0 radical (unpaired) electrons. The van der Waals surface area contributed by atoms with Crippen molar-refractivity contribution in [2.75, 3.05) is 0 Å². The highest BCUT2D eigenvalue weighted by Crippen LogP contribution is 2.35. The van der Waals surface area contributed by atoms with E-state index in [9.17, 15) is 14.7 Å². The average Bonchev–Trinajstić information content (AvgIpc) is 2.64. The van der Waals surface area contributed by atoms with E-state index in [1.807, 2.05) is 58.9 Å². The first-order valence-electron chi connectivity index (χ1n) is 10.9. The quantitative estimate of drug-likeness (QED) is 0.571. The number of benzene rings is 1. The first-order valence-corrected chi connectivity index (χ1v) is 10.9. The molecule has 0 aliphatic rings. The molecule has 0 saturated carbocycles. The number of carboxylic acid groups (broad SMARTS) is 1. The van der Waals surface area contributed by atoms with Crippen molar-refractivity contribution in [3.8, 4) is 11.1 Å². The second-order valence-electron chi connectivity index (χ2n) is 9.65. The molecule has 1 heterocycles. The van der Waals surface area contributed by atoms with Gasteiger partial charge in [0, 0.05) is 34.1 Å². The molecule has 1 aromatic carbocycles. The minimum atomic E-state index is -0.988. The van der Waals surface area contributed by atoms with E-state index in [0.29, 0.717) is 12.3 Å². The Balaban J connectivity index is 2.91. The SMILES string of the molecule is Cc1ccc(-c2c(/C=C/C(N)=O)c(C)nc(CC(C)C)c2CN(C(=O)O)C(C)(C)C)cc1. The van der Waals surface area contributed by atoms with Crippen LogP contribution in [0.25, 0.3) is 17.2 Å². The van der Waals surface area contributed by atoms with E-state index in [1.165, 1.54) is 11.0 Å². The summed E-state index contributed by atoms with van der Waals surface area (Å²) in [6, 6.07) is 8.10. The number of carbonyl (C=O) groups is 2. The van der Waals surface area contributed by atoms with Crippen LogP contribution in [0.3, 0.4) is 0 Å². The second kappa shape index (κ2) is 9.98. The van der Waals surface area contributed by atoms with Gasteiger partial charge in [0.05, 0.1) is 6.54 Å². The topological polar surface area (TPSA) is 96.5 Å². The predicted octanol–water partition coefficient (Wildman–Crippen LogP) is 5.34. The van der Waals surface area contributed by atoms with Crippen LogP contribution in [-0.2, 0) is 17.8 Å². The molecule has 2 rings (SSSR count). The fraction of sp³-hybridized carbons (Fsp3) is 0.423. The molecule has 0 spiro atoms. The summed E-state index contributed by atoms with van der Waals surface area (Å²) < 4.78 is 0. The van der Waals surface area contributed by atoms with Gasteiger partial charge < -0.3 is 10.8 Å². The largest absolute Gasteiger partial charge is 0.465 e. The monoisotopic (exact) mass is 437 g/mol. The maximum absolute atomic E-state index is 12.2. The van der Waals surface area contributed by atoms with Crippen molar-refractivity contribution in [1.29, 1.82) is 0 Å². The van der Waals surface area contributed by atoms with E-state index >= 15 is 0 Å². The third kappa shape index (κ3) is 6.19. The summed E-state index contributed by atoms with van der Waals surface area (Å²) in [5.41, 5.74) is 11.0. The molecule has 0 saturated heterocycles. The van der Waals surface area contributed by atoms with E-state index in [2.05, 4.69) is 13.8 Å². The predicted molar refractivity (Wildman–Crippen MR) is 129 cm³/mol. The van der Waals surface area contributed by atoms with Gasteiger partial charge in [0.25, 0.3) is 0 Å². The van der Waals surface area contributed by atoms with E-state index in [1.54, 1.807) is 6.08 Å². The molecule has 1 aromatic heterocycles. The lowest BCUT2D eigenvalue weighted by molar-refractivity contribution is -0.113. The first kappa shape index (κ1) is 25.1. The number of aryl methyl sites for hydroxylation is 2. The summed E-state index contributed by atoms with van der Waals surface area (Å²) in [7, 11) is 0. The molecular formula is C26H35N3O3. The normalized spacial score (nSPS) is 11.9. The molecule has 0 unspecified atom stereocenters. The molecule has 172 valence electrons. The number of pyridine rings is 1. The Bertz CT molecular complexity index is 1020. The molecule has 2 amide bonds. The molecule has 0 fully saturated rings. The number of aromatic nitrogens is 1. The van der Waals surface area contributed by atoms with Crippen molar-refractivity contribution >= 4 is 18.1 Å². The fourth-order valence-corrected chi connectivity index (χ4v) is 3.71. The number of carbonyl (C=O) groups excluding carboxylic acids is 1. The summed E-state index contributed by atoms with van der Waals surface area (Å²) >= 11 is 0. The van der Waals surface area contributed by atoms with Crippen LogP contribution in [0.5, 0.6) is 0 Å². The van der Waals surface area contributed by atoms with Gasteiger partial charge in [-0.3, -0.25) is 14.7 Å². The van der Waals surface area contributed by atoms with E-state index < -0.39 is 17.5 Å². The van der Waals surface area contributed by atoms with Crippen molar-refractivity contribution in [3.05, 3.63) is 58.4 Å². The van der Waals surface area contributed by atoms with Crippen LogP contribution in [0.4, 0.5) is 4.79 Å². The van der Waals surface area contributed by atoms with Gasteiger partial charge in [0.15, 0.2) is 0 Å². The van der Waals surface area contributed by atoms with Gasteiger partial charge in [0.1, 0.15) is 0 Å². The average molecular weight is 438 g/mol. The molecule has 32 heavy (non-hydrogen) atoms. The molecule has 3 N–H and O–H groups in total. The van der Waals surface area contributed by atoms with E-state index in [-0.39, 0.29) is 6.54 Å². The van der Waals surface area contributed by atoms with Gasteiger partial charge in [-0.15, -0.1) is 0 Å². The highest BCUT2D eigenvalue weighted by atomic mass is 16.4. The van der Waals surface area contributed by atoms with Crippen LogP contribution >= 0.6 is 0 Å². The van der Waals surface area contributed by atoms with Crippen LogP contribution in [0.1, 0.15) is 62.7 Å². The second-order valence-corrected chi connectivity index (χ2v) is 9.65. The number of primary amides is 1. The number of hydrogen-bond donors (Lipinski definition) is 2. The summed E-state index contributed by atoms with van der Waals surface area (Å²) in [6.07, 6.45) is 2.74. The summed E-state index contributed by atoms with van der Waals surface area (Å²) in [4.78, 5) is 30.0. The summed E-state index contributed by atoms with van der Waals surface area (Å²) in [5.74, 6) is -0.208. The molecule has 0 atom stereocenters. The highest BCUT2D eigenvalue weighted by molar-refractivity contribution is 5.92. The van der Waals surface area contributed by atoms with Crippen LogP contribution in [0, 0.1) is 19.8 Å². The van der Waals surface area contributed by atoms with Crippen molar-refractivity contribution in [3.63, 3.8) is 0 Å².